The van der Waals surface area contributed by atoms with Gasteiger partial charge < -0.3 is 4.74 Å². The summed E-state index contributed by atoms with van der Waals surface area (Å²) in [5.74, 6) is -0.964. The quantitative estimate of drug-likeness (QED) is 0.735. The minimum absolute atomic E-state index is 0.352. The van der Waals surface area contributed by atoms with E-state index in [0.717, 1.165) is 25.0 Å². The van der Waals surface area contributed by atoms with Gasteiger partial charge in [-0.15, -0.1) is 0 Å². The smallest absolute Gasteiger partial charge is 0.162 e. The van der Waals surface area contributed by atoms with Gasteiger partial charge in [-0.2, -0.15) is 0 Å². The highest BCUT2D eigenvalue weighted by atomic mass is 19.2. The predicted octanol–water partition coefficient (Wildman–Crippen LogP) is 5.34. The molecule has 1 fully saturated rings. The Morgan fingerprint density at radius 3 is 2.38 bits per heavy atom. The Bertz CT molecular complexity index is 686. The van der Waals surface area contributed by atoms with Crippen molar-refractivity contribution in [1.82, 2.24) is 0 Å². The zero-order chi connectivity index (χ0) is 17.1. The molecule has 0 saturated carbocycles. The summed E-state index contributed by atoms with van der Waals surface area (Å²) in [6.45, 7) is 4.48. The second-order valence-electron chi connectivity index (χ2n) is 6.83. The second-order valence-corrected chi connectivity index (χ2v) is 6.83. The summed E-state index contributed by atoms with van der Waals surface area (Å²) < 4.78 is 33.3. The Kier molecular flexibility index (Phi) is 5.30. The molecule has 24 heavy (non-hydrogen) atoms. The van der Waals surface area contributed by atoms with Crippen LogP contribution in [0.1, 0.15) is 47.9 Å². The van der Waals surface area contributed by atoms with Gasteiger partial charge in [0.1, 0.15) is 0 Å². The molecule has 2 aromatic rings. The van der Waals surface area contributed by atoms with Gasteiger partial charge in [-0.05, 0) is 61.8 Å². The van der Waals surface area contributed by atoms with E-state index in [9.17, 15) is 8.78 Å². The van der Waals surface area contributed by atoms with Gasteiger partial charge in [0.25, 0.3) is 0 Å². The Morgan fingerprint density at radius 1 is 0.958 bits per heavy atom. The maximum absolute atomic E-state index is 13.9. The second kappa shape index (κ2) is 7.43. The third-order valence-corrected chi connectivity index (χ3v) is 4.99. The first-order valence-electron chi connectivity index (χ1n) is 8.68. The number of halogens is 2. The molecule has 2 unspecified atom stereocenters. The monoisotopic (exact) mass is 330 g/mol. The molecule has 0 aromatic heterocycles. The standard InChI is InChI=1S/C21H24F2O/c1-14-3-8-18(21(23)20(14)22)12-7-16-5-10-17(11-6-16)19-9-4-15(2)24-13-19/h3,5-6,8,10-11,15,19H,4,7,9,12-13H2,1-2H3. The van der Waals surface area contributed by atoms with Gasteiger partial charge in [-0.25, -0.2) is 8.78 Å². The number of hydrogen-bond donors (Lipinski definition) is 0. The van der Waals surface area contributed by atoms with E-state index in [4.69, 9.17) is 4.74 Å². The summed E-state index contributed by atoms with van der Waals surface area (Å²) >= 11 is 0. The molecule has 128 valence electrons. The van der Waals surface area contributed by atoms with Gasteiger partial charge in [0.2, 0.25) is 0 Å². The maximum atomic E-state index is 13.9. The lowest BCUT2D eigenvalue weighted by atomic mass is 9.90. The summed E-state index contributed by atoms with van der Waals surface area (Å²) in [5.41, 5.74) is 3.24. The number of ether oxygens (including phenoxy) is 1. The van der Waals surface area contributed by atoms with Crippen LogP contribution in [0.5, 0.6) is 0 Å². The molecule has 2 aromatic carbocycles. The van der Waals surface area contributed by atoms with Crippen LogP contribution in [0.25, 0.3) is 0 Å². The minimum atomic E-state index is -0.727. The van der Waals surface area contributed by atoms with E-state index in [1.807, 2.05) is 0 Å². The van der Waals surface area contributed by atoms with Crippen LogP contribution >= 0.6 is 0 Å². The predicted molar refractivity (Wildman–Crippen MR) is 92.3 cm³/mol. The lowest BCUT2D eigenvalue weighted by Gasteiger charge is -2.27. The number of hydrogen-bond acceptors (Lipinski definition) is 1. The molecule has 1 aliphatic rings. The zero-order valence-corrected chi connectivity index (χ0v) is 14.3. The summed E-state index contributed by atoms with van der Waals surface area (Å²) in [4.78, 5) is 0. The highest BCUT2D eigenvalue weighted by Gasteiger charge is 2.20. The van der Waals surface area contributed by atoms with E-state index >= 15 is 0 Å². The fourth-order valence-corrected chi connectivity index (χ4v) is 3.26. The van der Waals surface area contributed by atoms with Crippen LogP contribution in [-0.2, 0) is 17.6 Å². The highest BCUT2D eigenvalue weighted by molar-refractivity contribution is 5.29. The van der Waals surface area contributed by atoms with Crippen LogP contribution in [0.3, 0.4) is 0 Å². The third kappa shape index (κ3) is 3.84. The van der Waals surface area contributed by atoms with Crippen LogP contribution in [0.2, 0.25) is 0 Å². The fraction of sp³-hybridized carbons (Fsp3) is 0.429. The first-order chi connectivity index (χ1) is 11.5. The van der Waals surface area contributed by atoms with E-state index in [0.29, 0.717) is 36.0 Å². The van der Waals surface area contributed by atoms with Crippen LogP contribution in [-0.4, -0.2) is 12.7 Å². The van der Waals surface area contributed by atoms with Gasteiger partial charge in [0.15, 0.2) is 11.6 Å². The van der Waals surface area contributed by atoms with Crippen LogP contribution < -0.4 is 0 Å². The molecule has 0 bridgehead atoms. The molecule has 0 spiro atoms. The van der Waals surface area contributed by atoms with Crippen molar-refractivity contribution in [2.24, 2.45) is 0 Å². The van der Waals surface area contributed by atoms with E-state index < -0.39 is 11.6 Å². The summed E-state index contributed by atoms with van der Waals surface area (Å²) in [5, 5.41) is 0. The Labute approximate surface area is 142 Å². The summed E-state index contributed by atoms with van der Waals surface area (Å²) in [7, 11) is 0. The molecule has 3 heteroatoms. The average Bonchev–Trinajstić information content (AvgIpc) is 2.60. The number of rotatable bonds is 4. The lowest BCUT2D eigenvalue weighted by Crippen LogP contribution is -2.22. The molecule has 1 nitrogen and oxygen atoms in total. The molecule has 1 saturated heterocycles. The van der Waals surface area contributed by atoms with E-state index in [1.165, 1.54) is 5.56 Å². The molecule has 0 radical (unpaired) electrons. The molecule has 3 rings (SSSR count). The Balaban J connectivity index is 1.61. The van der Waals surface area contributed by atoms with Crippen molar-refractivity contribution in [2.45, 2.75) is 51.6 Å². The molecule has 0 N–H and O–H groups in total. The van der Waals surface area contributed by atoms with Gasteiger partial charge >= 0.3 is 0 Å². The minimum Gasteiger partial charge on any atom is -0.378 e. The van der Waals surface area contributed by atoms with Crippen LogP contribution in [0.15, 0.2) is 36.4 Å². The zero-order valence-electron chi connectivity index (χ0n) is 14.3. The van der Waals surface area contributed by atoms with Gasteiger partial charge in [-0.1, -0.05) is 36.4 Å². The molecular weight excluding hydrogens is 306 g/mol. The Hall–Kier alpha value is -1.74. The van der Waals surface area contributed by atoms with Crippen molar-refractivity contribution < 1.29 is 13.5 Å². The maximum Gasteiger partial charge on any atom is 0.162 e. The van der Waals surface area contributed by atoms with Crippen LogP contribution in [0.4, 0.5) is 8.78 Å². The molecule has 0 amide bonds. The summed E-state index contributed by atoms with van der Waals surface area (Å²) in [6, 6.07) is 11.8. The van der Waals surface area contributed by atoms with Gasteiger partial charge in [0, 0.05) is 5.92 Å². The Morgan fingerprint density at radius 2 is 1.71 bits per heavy atom. The van der Waals surface area contributed by atoms with Crippen molar-refractivity contribution in [2.75, 3.05) is 6.61 Å². The van der Waals surface area contributed by atoms with Crippen molar-refractivity contribution in [3.63, 3.8) is 0 Å². The molecule has 0 aliphatic carbocycles. The SMILES string of the molecule is Cc1ccc(CCc2ccc(C3CCC(C)OC3)cc2)c(F)c1F. The highest BCUT2D eigenvalue weighted by Crippen LogP contribution is 2.28. The first-order valence-corrected chi connectivity index (χ1v) is 8.68. The first kappa shape index (κ1) is 17.1. The molecule has 1 heterocycles. The molecular formula is C21H24F2O. The van der Waals surface area contributed by atoms with E-state index in [1.54, 1.807) is 19.1 Å². The largest absolute Gasteiger partial charge is 0.378 e. The summed E-state index contributed by atoms with van der Waals surface area (Å²) in [6.07, 6.45) is 3.84. The van der Waals surface area contributed by atoms with Crippen LogP contribution in [0, 0.1) is 18.6 Å². The van der Waals surface area contributed by atoms with Gasteiger partial charge in [-0.3, -0.25) is 0 Å². The lowest BCUT2D eigenvalue weighted by molar-refractivity contribution is 0.0155. The fourth-order valence-electron chi connectivity index (χ4n) is 3.26. The molecule has 1 aliphatic heterocycles. The third-order valence-electron chi connectivity index (χ3n) is 4.99. The van der Waals surface area contributed by atoms with Crippen molar-refractivity contribution in [3.05, 3.63) is 70.3 Å². The van der Waals surface area contributed by atoms with Crippen molar-refractivity contribution >= 4 is 0 Å². The molecule has 2 atom stereocenters. The number of aryl methyl sites for hydroxylation is 3. The van der Waals surface area contributed by atoms with Crippen molar-refractivity contribution in [1.29, 1.82) is 0 Å². The van der Waals surface area contributed by atoms with E-state index in [-0.39, 0.29) is 0 Å². The van der Waals surface area contributed by atoms with E-state index in [2.05, 4.69) is 31.2 Å². The van der Waals surface area contributed by atoms with Gasteiger partial charge in [0.05, 0.1) is 12.7 Å². The average molecular weight is 330 g/mol. The normalized spacial score (nSPS) is 21.0. The topological polar surface area (TPSA) is 9.23 Å². The van der Waals surface area contributed by atoms with Crippen molar-refractivity contribution in [3.8, 4) is 0 Å². The number of benzene rings is 2.